The topological polar surface area (TPSA) is 72.2 Å². The smallest absolute Gasteiger partial charge is 0.180 e. The highest BCUT2D eigenvalue weighted by Crippen LogP contribution is 2.25. The molecule has 1 rings (SSSR count). The van der Waals surface area contributed by atoms with Crippen molar-refractivity contribution in [2.24, 2.45) is 11.1 Å². The molecule has 0 aliphatic heterocycles. The zero-order chi connectivity index (χ0) is 14.5. The normalized spacial score (nSPS) is 12.4. The van der Waals surface area contributed by atoms with Gasteiger partial charge in [0.2, 0.25) is 0 Å². The summed E-state index contributed by atoms with van der Waals surface area (Å²) >= 11 is 0. The number of sulfone groups is 1. The van der Waals surface area contributed by atoms with Crippen molar-refractivity contribution in [2.45, 2.75) is 32.1 Å². The lowest BCUT2D eigenvalue weighted by Crippen LogP contribution is -2.26. The van der Waals surface area contributed by atoms with Gasteiger partial charge >= 0.3 is 0 Å². The molecule has 1 aromatic rings. The number of rotatable bonds is 7. The lowest BCUT2D eigenvalue weighted by Gasteiger charge is -2.25. The molecule has 0 aliphatic rings. The van der Waals surface area contributed by atoms with Crippen LogP contribution in [0.25, 0.3) is 0 Å². The Balaban J connectivity index is 2.91. The summed E-state index contributed by atoms with van der Waals surface area (Å²) in [5.74, 6) is 0.109. The van der Waals surface area contributed by atoms with E-state index in [-0.39, 0.29) is 11.2 Å². The van der Waals surface area contributed by atoms with E-state index in [0.717, 1.165) is 6.42 Å². The number of hydrogen-bond donors (Lipinski definition) is 2. The first kappa shape index (κ1) is 16.0. The Kier molecular flexibility index (Phi) is 5.38. The minimum atomic E-state index is -3.20. The van der Waals surface area contributed by atoms with Gasteiger partial charge in [-0.3, -0.25) is 0 Å². The molecule has 4 nitrogen and oxygen atoms in total. The first-order chi connectivity index (χ1) is 8.82. The standard InChI is InChI=1S/C14H24N2O2S/c1-4-19(17,18)13-8-6-5-7-12(13)16-11-14(2,3)9-10-15/h5-8,16H,4,9-11,15H2,1-3H3. The molecule has 0 bridgehead atoms. The molecule has 108 valence electrons. The molecule has 1 aromatic carbocycles. The van der Waals surface area contributed by atoms with Crippen LogP contribution in [-0.4, -0.2) is 27.3 Å². The Morgan fingerprint density at radius 2 is 1.89 bits per heavy atom. The van der Waals surface area contributed by atoms with Crippen molar-refractivity contribution < 1.29 is 8.42 Å². The van der Waals surface area contributed by atoms with Crippen molar-refractivity contribution in [1.29, 1.82) is 0 Å². The summed E-state index contributed by atoms with van der Waals surface area (Å²) < 4.78 is 24.0. The molecule has 3 N–H and O–H groups in total. The highest BCUT2D eigenvalue weighted by Gasteiger charge is 2.20. The molecule has 19 heavy (non-hydrogen) atoms. The van der Waals surface area contributed by atoms with E-state index in [1.165, 1.54) is 0 Å². The third-order valence-electron chi connectivity index (χ3n) is 3.18. The van der Waals surface area contributed by atoms with Gasteiger partial charge in [0.05, 0.1) is 16.3 Å². The van der Waals surface area contributed by atoms with Crippen molar-refractivity contribution in [3.05, 3.63) is 24.3 Å². The Morgan fingerprint density at radius 1 is 1.26 bits per heavy atom. The van der Waals surface area contributed by atoms with Crippen molar-refractivity contribution >= 4 is 15.5 Å². The largest absolute Gasteiger partial charge is 0.383 e. The van der Waals surface area contributed by atoms with Crippen LogP contribution in [0.1, 0.15) is 27.2 Å². The monoisotopic (exact) mass is 284 g/mol. The van der Waals surface area contributed by atoms with E-state index in [4.69, 9.17) is 5.73 Å². The van der Waals surface area contributed by atoms with Crippen LogP contribution in [0.2, 0.25) is 0 Å². The quantitative estimate of drug-likeness (QED) is 0.805. The number of nitrogens with one attached hydrogen (secondary N) is 1. The van der Waals surface area contributed by atoms with E-state index in [9.17, 15) is 8.42 Å². The molecular formula is C14H24N2O2S. The van der Waals surface area contributed by atoms with Gasteiger partial charge in [-0.25, -0.2) is 8.42 Å². The summed E-state index contributed by atoms with van der Waals surface area (Å²) in [4.78, 5) is 0.376. The third kappa shape index (κ3) is 4.51. The predicted molar refractivity (Wildman–Crippen MR) is 80.1 cm³/mol. The number of benzene rings is 1. The number of hydrogen-bond acceptors (Lipinski definition) is 4. The number of para-hydroxylation sites is 1. The average Bonchev–Trinajstić information content (AvgIpc) is 2.37. The molecule has 0 spiro atoms. The minimum Gasteiger partial charge on any atom is -0.383 e. The summed E-state index contributed by atoms with van der Waals surface area (Å²) in [5.41, 5.74) is 6.30. The van der Waals surface area contributed by atoms with Gasteiger partial charge in [0, 0.05) is 6.54 Å². The fraction of sp³-hybridized carbons (Fsp3) is 0.571. The molecule has 0 saturated heterocycles. The van der Waals surface area contributed by atoms with Crippen LogP contribution in [0, 0.1) is 5.41 Å². The second-order valence-corrected chi connectivity index (χ2v) is 7.70. The van der Waals surface area contributed by atoms with Crippen molar-refractivity contribution in [2.75, 3.05) is 24.2 Å². The van der Waals surface area contributed by atoms with Crippen LogP contribution in [-0.2, 0) is 9.84 Å². The second-order valence-electron chi connectivity index (χ2n) is 5.46. The first-order valence-corrected chi connectivity index (χ1v) is 8.23. The van der Waals surface area contributed by atoms with Gasteiger partial charge in [0.25, 0.3) is 0 Å². The molecule has 0 heterocycles. The summed E-state index contributed by atoms with van der Waals surface area (Å²) in [5, 5.41) is 3.24. The molecule has 0 atom stereocenters. The van der Waals surface area contributed by atoms with Gasteiger partial charge in [0.15, 0.2) is 9.84 Å². The summed E-state index contributed by atoms with van der Waals surface area (Å²) in [6.45, 7) is 7.21. The van der Waals surface area contributed by atoms with E-state index < -0.39 is 9.84 Å². The van der Waals surface area contributed by atoms with Crippen LogP contribution >= 0.6 is 0 Å². The molecule has 0 saturated carbocycles. The summed E-state index contributed by atoms with van der Waals surface area (Å²) in [7, 11) is -3.20. The van der Waals surface area contributed by atoms with E-state index in [0.29, 0.717) is 23.7 Å². The van der Waals surface area contributed by atoms with Gasteiger partial charge in [-0.1, -0.05) is 32.9 Å². The van der Waals surface area contributed by atoms with Crippen LogP contribution in [0.4, 0.5) is 5.69 Å². The lowest BCUT2D eigenvalue weighted by molar-refractivity contribution is 0.365. The third-order valence-corrected chi connectivity index (χ3v) is 4.97. The Hall–Kier alpha value is -1.07. The maximum atomic E-state index is 12.0. The number of anilines is 1. The van der Waals surface area contributed by atoms with Crippen LogP contribution in [0.3, 0.4) is 0 Å². The maximum Gasteiger partial charge on any atom is 0.180 e. The molecule has 0 amide bonds. The van der Waals surface area contributed by atoms with Gasteiger partial charge in [-0.2, -0.15) is 0 Å². The van der Waals surface area contributed by atoms with Crippen LogP contribution in [0.15, 0.2) is 29.2 Å². The van der Waals surface area contributed by atoms with E-state index >= 15 is 0 Å². The Morgan fingerprint density at radius 3 is 2.47 bits per heavy atom. The van der Waals surface area contributed by atoms with E-state index in [1.54, 1.807) is 25.1 Å². The van der Waals surface area contributed by atoms with Crippen molar-refractivity contribution in [1.82, 2.24) is 0 Å². The molecule has 0 radical (unpaired) electrons. The molecule has 5 heteroatoms. The fourth-order valence-corrected chi connectivity index (χ4v) is 2.93. The number of nitrogens with two attached hydrogens (primary N) is 1. The van der Waals surface area contributed by atoms with E-state index in [1.807, 2.05) is 6.07 Å². The zero-order valence-electron chi connectivity index (χ0n) is 11.9. The average molecular weight is 284 g/mol. The van der Waals surface area contributed by atoms with Crippen LogP contribution < -0.4 is 11.1 Å². The summed E-state index contributed by atoms with van der Waals surface area (Å²) in [6, 6.07) is 7.05. The molecule has 0 fully saturated rings. The maximum absolute atomic E-state index is 12.0. The second kappa shape index (κ2) is 6.39. The molecular weight excluding hydrogens is 260 g/mol. The highest BCUT2D eigenvalue weighted by molar-refractivity contribution is 7.91. The Labute approximate surface area is 116 Å². The lowest BCUT2D eigenvalue weighted by atomic mass is 9.89. The zero-order valence-corrected chi connectivity index (χ0v) is 12.8. The SMILES string of the molecule is CCS(=O)(=O)c1ccccc1NCC(C)(C)CCN. The van der Waals surface area contributed by atoms with Gasteiger partial charge in [-0.15, -0.1) is 0 Å². The Bertz CT molecular complexity index is 510. The predicted octanol–water partition coefficient (Wildman–Crippen LogP) is 2.27. The van der Waals surface area contributed by atoms with Crippen LogP contribution in [0.5, 0.6) is 0 Å². The molecule has 0 aromatic heterocycles. The van der Waals surface area contributed by atoms with Gasteiger partial charge in [0.1, 0.15) is 0 Å². The van der Waals surface area contributed by atoms with Crippen molar-refractivity contribution in [3.8, 4) is 0 Å². The molecule has 0 aliphatic carbocycles. The fourth-order valence-electron chi connectivity index (χ4n) is 1.85. The van der Waals surface area contributed by atoms with E-state index in [2.05, 4.69) is 19.2 Å². The van der Waals surface area contributed by atoms with Gasteiger partial charge in [-0.05, 0) is 30.5 Å². The van der Waals surface area contributed by atoms with Gasteiger partial charge < -0.3 is 11.1 Å². The minimum absolute atomic E-state index is 0.0395. The highest BCUT2D eigenvalue weighted by atomic mass is 32.2. The van der Waals surface area contributed by atoms with Crippen molar-refractivity contribution in [3.63, 3.8) is 0 Å². The molecule has 0 unspecified atom stereocenters. The first-order valence-electron chi connectivity index (χ1n) is 6.58. The summed E-state index contributed by atoms with van der Waals surface area (Å²) in [6.07, 6.45) is 0.892.